The molecule has 0 unspecified atom stereocenters. The van der Waals surface area contributed by atoms with Gasteiger partial charge in [-0.25, -0.2) is 0 Å². The zero-order valence-corrected chi connectivity index (χ0v) is 15.5. The SMILES string of the molecule is Cc1ccccc1-c1nc(-c2ccc(OC3CCCCC3)c(Cl)c2)no1. The summed E-state index contributed by atoms with van der Waals surface area (Å²) in [5, 5.41) is 4.68. The van der Waals surface area contributed by atoms with Crippen LogP contribution in [0.25, 0.3) is 22.8 Å². The van der Waals surface area contributed by atoms with Gasteiger partial charge in [0.25, 0.3) is 5.89 Å². The van der Waals surface area contributed by atoms with Crippen molar-refractivity contribution < 1.29 is 9.26 Å². The summed E-state index contributed by atoms with van der Waals surface area (Å²) >= 11 is 6.44. The maximum atomic E-state index is 6.44. The molecule has 3 aromatic rings. The Morgan fingerprint density at radius 3 is 2.65 bits per heavy atom. The molecule has 0 saturated heterocycles. The molecule has 1 aliphatic carbocycles. The molecule has 0 spiro atoms. The Morgan fingerprint density at radius 1 is 1.08 bits per heavy atom. The summed E-state index contributed by atoms with van der Waals surface area (Å²) in [5.41, 5.74) is 2.85. The third-order valence-electron chi connectivity index (χ3n) is 4.84. The predicted molar refractivity (Wildman–Crippen MR) is 102 cm³/mol. The van der Waals surface area contributed by atoms with Crippen molar-refractivity contribution in [2.24, 2.45) is 0 Å². The molecule has 0 amide bonds. The Balaban J connectivity index is 1.55. The van der Waals surface area contributed by atoms with E-state index in [9.17, 15) is 0 Å². The Morgan fingerprint density at radius 2 is 1.88 bits per heavy atom. The molecule has 0 bridgehead atoms. The van der Waals surface area contributed by atoms with Gasteiger partial charge in [0, 0.05) is 11.1 Å². The van der Waals surface area contributed by atoms with Gasteiger partial charge in [0.2, 0.25) is 5.82 Å². The fourth-order valence-electron chi connectivity index (χ4n) is 3.36. The molecule has 2 aromatic carbocycles. The van der Waals surface area contributed by atoms with Crippen LogP contribution in [0.15, 0.2) is 47.0 Å². The average molecular weight is 369 g/mol. The van der Waals surface area contributed by atoms with Gasteiger partial charge in [0.15, 0.2) is 0 Å². The van der Waals surface area contributed by atoms with Gasteiger partial charge in [-0.2, -0.15) is 4.98 Å². The van der Waals surface area contributed by atoms with Gasteiger partial charge in [-0.3, -0.25) is 0 Å². The first-order valence-corrected chi connectivity index (χ1v) is 9.45. The van der Waals surface area contributed by atoms with Crippen molar-refractivity contribution in [3.8, 4) is 28.6 Å². The highest BCUT2D eigenvalue weighted by molar-refractivity contribution is 6.32. The third kappa shape index (κ3) is 3.61. The molecule has 5 heteroatoms. The molecule has 134 valence electrons. The van der Waals surface area contributed by atoms with E-state index in [1.807, 2.05) is 49.4 Å². The summed E-state index contributed by atoms with van der Waals surface area (Å²) in [6.07, 6.45) is 6.22. The number of aryl methyl sites for hydroxylation is 1. The van der Waals surface area contributed by atoms with Gasteiger partial charge in [0.05, 0.1) is 11.1 Å². The quantitative estimate of drug-likeness (QED) is 0.560. The number of hydrogen-bond acceptors (Lipinski definition) is 4. The predicted octanol–water partition coefficient (Wildman–Crippen LogP) is 6.08. The van der Waals surface area contributed by atoms with Gasteiger partial charge in [0.1, 0.15) is 5.75 Å². The number of nitrogens with zero attached hydrogens (tertiary/aromatic N) is 2. The Hall–Kier alpha value is -2.33. The number of aromatic nitrogens is 2. The number of halogens is 1. The van der Waals surface area contributed by atoms with Crippen molar-refractivity contribution in [2.45, 2.75) is 45.1 Å². The smallest absolute Gasteiger partial charge is 0.258 e. The molecular weight excluding hydrogens is 348 g/mol. The molecule has 1 aromatic heterocycles. The van der Waals surface area contributed by atoms with E-state index >= 15 is 0 Å². The highest BCUT2D eigenvalue weighted by Gasteiger charge is 2.18. The molecule has 0 N–H and O–H groups in total. The minimum atomic E-state index is 0.268. The van der Waals surface area contributed by atoms with E-state index < -0.39 is 0 Å². The minimum absolute atomic E-state index is 0.268. The van der Waals surface area contributed by atoms with Crippen molar-refractivity contribution in [2.75, 3.05) is 0 Å². The first-order chi connectivity index (χ1) is 12.7. The fraction of sp³-hybridized carbons (Fsp3) is 0.333. The normalized spacial score (nSPS) is 15.2. The summed E-state index contributed by atoms with van der Waals surface area (Å²) in [6.45, 7) is 2.02. The van der Waals surface area contributed by atoms with Crippen LogP contribution in [0, 0.1) is 6.92 Å². The van der Waals surface area contributed by atoms with Crippen molar-refractivity contribution >= 4 is 11.6 Å². The van der Waals surface area contributed by atoms with Gasteiger partial charge >= 0.3 is 0 Å². The van der Waals surface area contributed by atoms with E-state index in [0.717, 1.165) is 35.3 Å². The zero-order chi connectivity index (χ0) is 17.9. The lowest BCUT2D eigenvalue weighted by molar-refractivity contribution is 0.155. The molecule has 1 aliphatic rings. The maximum Gasteiger partial charge on any atom is 0.258 e. The Kier molecular flexibility index (Phi) is 4.93. The molecule has 1 saturated carbocycles. The lowest BCUT2D eigenvalue weighted by Crippen LogP contribution is -2.19. The van der Waals surface area contributed by atoms with Crippen LogP contribution in [0.4, 0.5) is 0 Å². The average Bonchev–Trinajstić information content (AvgIpc) is 3.14. The van der Waals surface area contributed by atoms with Crippen LogP contribution in [0.5, 0.6) is 5.75 Å². The number of ether oxygens (including phenoxy) is 1. The van der Waals surface area contributed by atoms with Crippen LogP contribution in [0.3, 0.4) is 0 Å². The number of benzene rings is 2. The second kappa shape index (κ2) is 7.50. The molecule has 1 heterocycles. The first-order valence-electron chi connectivity index (χ1n) is 9.07. The van der Waals surface area contributed by atoms with Crippen molar-refractivity contribution in [3.63, 3.8) is 0 Å². The molecular formula is C21H21ClN2O2. The number of rotatable bonds is 4. The molecule has 0 radical (unpaired) electrons. The Labute approximate surface area is 158 Å². The zero-order valence-electron chi connectivity index (χ0n) is 14.7. The van der Waals surface area contributed by atoms with Crippen molar-refractivity contribution in [1.29, 1.82) is 0 Å². The van der Waals surface area contributed by atoms with Crippen LogP contribution in [0.2, 0.25) is 5.02 Å². The van der Waals surface area contributed by atoms with E-state index in [1.54, 1.807) is 0 Å². The molecule has 26 heavy (non-hydrogen) atoms. The van der Waals surface area contributed by atoms with E-state index in [0.29, 0.717) is 16.7 Å². The van der Waals surface area contributed by atoms with Crippen LogP contribution >= 0.6 is 11.6 Å². The monoisotopic (exact) mass is 368 g/mol. The molecule has 0 aliphatic heterocycles. The summed E-state index contributed by atoms with van der Waals surface area (Å²) in [7, 11) is 0. The minimum Gasteiger partial charge on any atom is -0.489 e. The van der Waals surface area contributed by atoms with Gasteiger partial charge in [-0.15, -0.1) is 0 Å². The molecule has 4 rings (SSSR count). The molecule has 4 nitrogen and oxygen atoms in total. The van der Waals surface area contributed by atoms with Gasteiger partial charge in [-0.05, 0) is 62.4 Å². The van der Waals surface area contributed by atoms with E-state index in [4.69, 9.17) is 20.9 Å². The molecule has 1 fully saturated rings. The topological polar surface area (TPSA) is 48.2 Å². The largest absolute Gasteiger partial charge is 0.489 e. The van der Waals surface area contributed by atoms with Gasteiger partial charge in [-0.1, -0.05) is 41.4 Å². The van der Waals surface area contributed by atoms with E-state index in [1.165, 1.54) is 19.3 Å². The van der Waals surface area contributed by atoms with Crippen LogP contribution in [-0.2, 0) is 0 Å². The summed E-state index contributed by atoms with van der Waals surface area (Å²) in [4.78, 5) is 4.52. The second-order valence-electron chi connectivity index (χ2n) is 6.76. The summed E-state index contributed by atoms with van der Waals surface area (Å²) in [5.74, 6) is 1.76. The number of hydrogen-bond donors (Lipinski definition) is 0. The Bertz CT molecular complexity index is 901. The van der Waals surface area contributed by atoms with Crippen LogP contribution in [-0.4, -0.2) is 16.2 Å². The maximum absolute atomic E-state index is 6.44. The lowest BCUT2D eigenvalue weighted by Gasteiger charge is -2.23. The van der Waals surface area contributed by atoms with Crippen molar-refractivity contribution in [3.05, 3.63) is 53.1 Å². The third-order valence-corrected chi connectivity index (χ3v) is 5.13. The lowest BCUT2D eigenvalue weighted by atomic mass is 9.98. The fourth-order valence-corrected chi connectivity index (χ4v) is 3.59. The first kappa shape index (κ1) is 17.1. The second-order valence-corrected chi connectivity index (χ2v) is 7.17. The van der Waals surface area contributed by atoms with E-state index in [2.05, 4.69) is 10.1 Å². The molecule has 0 atom stereocenters. The van der Waals surface area contributed by atoms with E-state index in [-0.39, 0.29) is 6.10 Å². The summed E-state index contributed by atoms with van der Waals surface area (Å²) < 4.78 is 11.5. The van der Waals surface area contributed by atoms with Crippen molar-refractivity contribution in [1.82, 2.24) is 10.1 Å². The highest BCUT2D eigenvalue weighted by Crippen LogP contribution is 2.33. The van der Waals surface area contributed by atoms with Crippen LogP contribution in [0.1, 0.15) is 37.7 Å². The standard InChI is InChI=1S/C21H21ClN2O2/c1-14-7-5-6-10-17(14)21-23-20(24-26-21)15-11-12-19(18(22)13-15)25-16-8-3-2-4-9-16/h5-7,10-13,16H,2-4,8-9H2,1H3. The summed E-state index contributed by atoms with van der Waals surface area (Å²) in [6, 6.07) is 13.6. The highest BCUT2D eigenvalue weighted by atomic mass is 35.5. The van der Waals surface area contributed by atoms with Gasteiger partial charge < -0.3 is 9.26 Å². The van der Waals surface area contributed by atoms with Crippen LogP contribution < -0.4 is 4.74 Å².